The van der Waals surface area contributed by atoms with Gasteiger partial charge in [0.1, 0.15) is 4.88 Å². The van der Waals surface area contributed by atoms with Crippen LogP contribution >= 0.6 is 34.5 Å². The van der Waals surface area contributed by atoms with E-state index in [9.17, 15) is 4.79 Å². The molecule has 2 nitrogen and oxygen atoms in total. The predicted octanol–water partition coefficient (Wildman–Crippen LogP) is 4.07. The van der Waals surface area contributed by atoms with Crippen LogP contribution < -0.4 is 5.32 Å². The second-order valence-electron chi connectivity index (χ2n) is 4.33. The van der Waals surface area contributed by atoms with Crippen LogP contribution in [0.3, 0.4) is 0 Å². The van der Waals surface area contributed by atoms with Crippen molar-refractivity contribution < 1.29 is 4.79 Å². The summed E-state index contributed by atoms with van der Waals surface area (Å²) in [4.78, 5) is 12.6. The Balaban J connectivity index is 2.00. The topological polar surface area (TPSA) is 29.1 Å². The molecule has 0 aromatic carbocycles. The molecule has 1 N–H and O–H groups in total. The highest BCUT2D eigenvalue weighted by Gasteiger charge is 2.24. The number of alkyl halides is 1. The standard InChI is InChI=1S/C12H15Cl2NOS/c13-8-4-2-1-3-5-10(8)15-12(16)11-9(14)6-7-17-11/h6-8,10H,1-5H2,(H,15,16). The van der Waals surface area contributed by atoms with E-state index in [-0.39, 0.29) is 17.3 Å². The molecule has 2 unspecified atom stereocenters. The molecule has 17 heavy (non-hydrogen) atoms. The minimum atomic E-state index is -0.0949. The lowest BCUT2D eigenvalue weighted by atomic mass is 10.1. The summed E-state index contributed by atoms with van der Waals surface area (Å²) >= 11 is 13.6. The van der Waals surface area contributed by atoms with E-state index in [4.69, 9.17) is 23.2 Å². The normalized spacial score (nSPS) is 25.3. The summed E-state index contributed by atoms with van der Waals surface area (Å²) in [5.74, 6) is -0.0949. The second-order valence-corrected chi connectivity index (χ2v) is 6.22. The molecule has 1 saturated carbocycles. The van der Waals surface area contributed by atoms with E-state index in [0.29, 0.717) is 9.90 Å². The molecular formula is C12H15Cl2NOS. The van der Waals surface area contributed by atoms with Gasteiger partial charge in [0.15, 0.2) is 0 Å². The molecule has 0 bridgehead atoms. The van der Waals surface area contributed by atoms with E-state index < -0.39 is 0 Å². The second kappa shape index (κ2) is 6.07. The molecule has 2 atom stereocenters. The van der Waals surface area contributed by atoms with Crippen molar-refractivity contribution in [2.24, 2.45) is 0 Å². The van der Waals surface area contributed by atoms with Gasteiger partial charge < -0.3 is 5.32 Å². The maximum atomic E-state index is 12.0. The Morgan fingerprint density at radius 3 is 2.82 bits per heavy atom. The van der Waals surface area contributed by atoms with Crippen LogP contribution in [0.15, 0.2) is 11.4 Å². The molecule has 1 aliphatic carbocycles. The molecule has 5 heteroatoms. The zero-order valence-electron chi connectivity index (χ0n) is 9.42. The van der Waals surface area contributed by atoms with Crippen molar-refractivity contribution in [2.45, 2.75) is 43.5 Å². The molecule has 2 rings (SSSR count). The Bertz CT molecular complexity index is 394. The summed E-state index contributed by atoms with van der Waals surface area (Å²) in [6.45, 7) is 0. The Morgan fingerprint density at radius 2 is 2.12 bits per heavy atom. The van der Waals surface area contributed by atoms with Crippen molar-refractivity contribution in [1.82, 2.24) is 5.32 Å². The van der Waals surface area contributed by atoms with Gasteiger partial charge in [0.2, 0.25) is 0 Å². The largest absolute Gasteiger partial charge is 0.347 e. The maximum absolute atomic E-state index is 12.0. The number of halogens is 2. The minimum Gasteiger partial charge on any atom is -0.347 e. The minimum absolute atomic E-state index is 0.0418. The lowest BCUT2D eigenvalue weighted by Gasteiger charge is -2.20. The SMILES string of the molecule is O=C(NC1CCCCCC1Cl)c1sccc1Cl. The lowest BCUT2D eigenvalue weighted by molar-refractivity contribution is 0.0938. The van der Waals surface area contributed by atoms with Gasteiger partial charge in [-0.3, -0.25) is 4.79 Å². The molecule has 1 heterocycles. The van der Waals surface area contributed by atoms with Crippen molar-refractivity contribution in [3.8, 4) is 0 Å². The number of nitrogens with one attached hydrogen (secondary N) is 1. The zero-order valence-corrected chi connectivity index (χ0v) is 11.7. The van der Waals surface area contributed by atoms with Crippen LogP contribution in [0.4, 0.5) is 0 Å². The van der Waals surface area contributed by atoms with Gasteiger partial charge in [-0.2, -0.15) is 0 Å². The lowest BCUT2D eigenvalue weighted by Crippen LogP contribution is -2.40. The number of carbonyl (C=O) groups is 1. The number of hydrogen-bond donors (Lipinski definition) is 1. The highest BCUT2D eigenvalue weighted by molar-refractivity contribution is 7.12. The van der Waals surface area contributed by atoms with E-state index in [2.05, 4.69) is 5.32 Å². The molecule has 0 spiro atoms. The van der Waals surface area contributed by atoms with Crippen molar-refractivity contribution >= 4 is 40.4 Å². The Morgan fingerprint density at radius 1 is 1.35 bits per heavy atom. The van der Waals surface area contributed by atoms with Gasteiger partial charge in [-0.25, -0.2) is 0 Å². The first-order valence-electron chi connectivity index (χ1n) is 5.86. The maximum Gasteiger partial charge on any atom is 0.263 e. The summed E-state index contributed by atoms with van der Waals surface area (Å²) in [6.07, 6.45) is 5.43. The number of hydrogen-bond acceptors (Lipinski definition) is 2. The Hall–Kier alpha value is -0.250. The molecule has 94 valence electrons. The van der Waals surface area contributed by atoms with Crippen molar-refractivity contribution in [1.29, 1.82) is 0 Å². The van der Waals surface area contributed by atoms with E-state index in [1.165, 1.54) is 17.8 Å². The average molecular weight is 292 g/mol. The van der Waals surface area contributed by atoms with Gasteiger partial charge in [0, 0.05) is 6.04 Å². The Kier molecular flexibility index (Phi) is 4.71. The van der Waals surface area contributed by atoms with Crippen LogP contribution in [0.25, 0.3) is 0 Å². The summed E-state index contributed by atoms with van der Waals surface area (Å²) < 4.78 is 0. The van der Waals surface area contributed by atoms with Crippen LogP contribution in [0.1, 0.15) is 41.8 Å². The summed E-state index contributed by atoms with van der Waals surface area (Å²) in [5.41, 5.74) is 0. The number of thiophene rings is 1. The molecule has 1 fully saturated rings. The average Bonchev–Trinajstić information content (AvgIpc) is 2.63. The van der Waals surface area contributed by atoms with Crippen LogP contribution in [0.5, 0.6) is 0 Å². The number of amides is 1. The van der Waals surface area contributed by atoms with Crippen molar-refractivity contribution in [3.63, 3.8) is 0 Å². The molecule has 0 aliphatic heterocycles. The van der Waals surface area contributed by atoms with E-state index >= 15 is 0 Å². The molecular weight excluding hydrogens is 277 g/mol. The van der Waals surface area contributed by atoms with E-state index in [0.717, 1.165) is 25.7 Å². The predicted molar refractivity (Wildman–Crippen MR) is 73.3 cm³/mol. The van der Waals surface area contributed by atoms with E-state index in [1.807, 2.05) is 5.38 Å². The van der Waals surface area contributed by atoms with Crippen LogP contribution in [0, 0.1) is 0 Å². The molecule has 1 amide bonds. The van der Waals surface area contributed by atoms with Crippen molar-refractivity contribution in [2.75, 3.05) is 0 Å². The first-order valence-corrected chi connectivity index (χ1v) is 7.56. The van der Waals surface area contributed by atoms with Crippen LogP contribution in [-0.2, 0) is 0 Å². The molecule has 1 aromatic rings. The first-order chi connectivity index (χ1) is 8.18. The highest BCUT2D eigenvalue weighted by atomic mass is 35.5. The summed E-state index contributed by atoms with van der Waals surface area (Å²) in [5, 5.41) is 5.39. The summed E-state index contributed by atoms with van der Waals surface area (Å²) in [6, 6.07) is 1.82. The number of rotatable bonds is 2. The molecule has 0 saturated heterocycles. The third-order valence-electron chi connectivity index (χ3n) is 3.07. The van der Waals surface area contributed by atoms with Crippen LogP contribution in [0.2, 0.25) is 5.02 Å². The van der Waals surface area contributed by atoms with Gasteiger partial charge >= 0.3 is 0 Å². The monoisotopic (exact) mass is 291 g/mol. The molecule has 1 aromatic heterocycles. The van der Waals surface area contributed by atoms with Gasteiger partial charge in [-0.05, 0) is 24.3 Å². The van der Waals surface area contributed by atoms with Crippen molar-refractivity contribution in [3.05, 3.63) is 21.3 Å². The zero-order chi connectivity index (χ0) is 12.3. The third kappa shape index (κ3) is 3.36. The van der Waals surface area contributed by atoms with Crippen LogP contribution in [-0.4, -0.2) is 17.3 Å². The fourth-order valence-corrected chi connectivity index (χ4v) is 3.50. The molecule has 0 radical (unpaired) electrons. The fraction of sp³-hybridized carbons (Fsp3) is 0.583. The molecule has 1 aliphatic rings. The number of carbonyl (C=O) groups excluding carboxylic acids is 1. The fourth-order valence-electron chi connectivity index (χ4n) is 2.11. The quantitative estimate of drug-likeness (QED) is 0.646. The Labute approximate surface area is 115 Å². The summed E-state index contributed by atoms with van der Waals surface area (Å²) in [7, 11) is 0. The smallest absolute Gasteiger partial charge is 0.263 e. The van der Waals surface area contributed by atoms with Gasteiger partial charge in [-0.15, -0.1) is 22.9 Å². The first kappa shape index (κ1) is 13.2. The van der Waals surface area contributed by atoms with Gasteiger partial charge in [0.05, 0.1) is 10.4 Å². The van der Waals surface area contributed by atoms with Gasteiger partial charge in [-0.1, -0.05) is 30.9 Å². The highest BCUT2D eigenvalue weighted by Crippen LogP contribution is 2.25. The van der Waals surface area contributed by atoms with E-state index in [1.54, 1.807) is 6.07 Å². The van der Waals surface area contributed by atoms with Gasteiger partial charge in [0.25, 0.3) is 5.91 Å². The third-order valence-corrected chi connectivity index (χ3v) is 4.93.